The van der Waals surface area contributed by atoms with Crippen LogP contribution in [0.25, 0.3) is 10.9 Å². The van der Waals surface area contributed by atoms with E-state index in [9.17, 15) is 4.79 Å². The van der Waals surface area contributed by atoms with Crippen LogP contribution >= 0.6 is 0 Å². The Balaban J connectivity index is 2.46. The van der Waals surface area contributed by atoms with E-state index >= 15 is 0 Å². The molecule has 0 saturated heterocycles. The van der Waals surface area contributed by atoms with Crippen LogP contribution in [-0.4, -0.2) is 10.5 Å². The summed E-state index contributed by atoms with van der Waals surface area (Å²) in [7, 11) is 0. The van der Waals surface area contributed by atoms with E-state index in [0.717, 1.165) is 17.4 Å². The lowest BCUT2D eigenvalue weighted by atomic mass is 10.1. The number of nitrogens with zero attached hydrogens (tertiary/aromatic N) is 1. The average Bonchev–Trinajstić information content (AvgIpc) is 2.70. The molecule has 2 rings (SSSR count). The number of hydrogen-bond acceptors (Lipinski definition) is 2. The van der Waals surface area contributed by atoms with Crippen molar-refractivity contribution in [1.82, 2.24) is 9.99 Å². The summed E-state index contributed by atoms with van der Waals surface area (Å²) in [5.41, 5.74) is 3.81. The second-order valence-corrected chi connectivity index (χ2v) is 4.61. The molecule has 0 radical (unpaired) electrons. The maximum absolute atomic E-state index is 11.5. The Morgan fingerprint density at radius 1 is 1.41 bits per heavy atom. The molecule has 0 saturated carbocycles. The lowest BCUT2D eigenvalue weighted by Gasteiger charge is -2.09. The van der Waals surface area contributed by atoms with Crippen molar-refractivity contribution in [2.24, 2.45) is 11.8 Å². The third kappa shape index (κ3) is 2.31. The van der Waals surface area contributed by atoms with Gasteiger partial charge in [0.05, 0.1) is 0 Å². The zero-order valence-electron chi connectivity index (χ0n) is 10.1. The minimum absolute atomic E-state index is 0.260. The van der Waals surface area contributed by atoms with Gasteiger partial charge in [-0.15, -0.1) is 0 Å². The highest BCUT2D eigenvalue weighted by molar-refractivity contribution is 5.97. The van der Waals surface area contributed by atoms with E-state index in [2.05, 4.69) is 36.1 Å². The van der Waals surface area contributed by atoms with E-state index in [0.29, 0.717) is 11.5 Å². The van der Waals surface area contributed by atoms with E-state index in [1.165, 1.54) is 0 Å². The number of nitrogen functional groups attached to an aromatic ring is 1. The van der Waals surface area contributed by atoms with Crippen molar-refractivity contribution in [1.29, 1.82) is 0 Å². The van der Waals surface area contributed by atoms with Gasteiger partial charge in [-0.3, -0.25) is 10.2 Å². The summed E-state index contributed by atoms with van der Waals surface area (Å²) in [6.45, 7) is 5.28. The van der Waals surface area contributed by atoms with E-state index in [1.54, 1.807) is 6.07 Å². The molecule has 0 aliphatic rings. The molecular weight excluding hydrogens is 214 g/mol. The summed E-state index contributed by atoms with van der Waals surface area (Å²) in [6, 6.07) is 7.66. The molecular formula is C13H17N3O. The van der Waals surface area contributed by atoms with Gasteiger partial charge >= 0.3 is 0 Å². The fourth-order valence-electron chi connectivity index (χ4n) is 1.96. The van der Waals surface area contributed by atoms with Crippen molar-refractivity contribution in [3.63, 3.8) is 0 Å². The van der Waals surface area contributed by atoms with Crippen LogP contribution in [0.1, 0.15) is 24.2 Å². The maximum atomic E-state index is 11.5. The number of benzene rings is 1. The van der Waals surface area contributed by atoms with Crippen molar-refractivity contribution in [2.75, 3.05) is 0 Å². The molecule has 4 heteroatoms. The van der Waals surface area contributed by atoms with Crippen LogP contribution < -0.4 is 11.3 Å². The van der Waals surface area contributed by atoms with Gasteiger partial charge < -0.3 is 4.57 Å². The van der Waals surface area contributed by atoms with Crippen molar-refractivity contribution < 1.29 is 4.79 Å². The molecule has 2 aromatic rings. The molecule has 1 aromatic heterocycles. The first-order chi connectivity index (χ1) is 8.11. The maximum Gasteiger partial charge on any atom is 0.265 e. The van der Waals surface area contributed by atoms with Crippen molar-refractivity contribution in [3.05, 3.63) is 36.0 Å². The standard InChI is InChI=1S/C13H17N3O/c1-9(2)8-16-6-5-10-3-4-11(7-12(10)16)13(17)15-14/h3-7,9H,8,14H2,1-2H3,(H,15,17). The number of hydrogen-bond donors (Lipinski definition) is 2. The molecule has 0 bridgehead atoms. The molecule has 0 spiro atoms. The number of carbonyl (C=O) groups is 1. The fourth-order valence-corrected chi connectivity index (χ4v) is 1.96. The molecule has 1 heterocycles. The average molecular weight is 231 g/mol. The van der Waals surface area contributed by atoms with Gasteiger partial charge in [0.25, 0.3) is 5.91 Å². The minimum Gasteiger partial charge on any atom is -0.347 e. The third-order valence-electron chi connectivity index (χ3n) is 2.73. The first-order valence-electron chi connectivity index (χ1n) is 5.71. The molecule has 1 aromatic carbocycles. The van der Waals surface area contributed by atoms with Crippen molar-refractivity contribution in [3.8, 4) is 0 Å². The van der Waals surface area contributed by atoms with Crippen molar-refractivity contribution >= 4 is 16.8 Å². The number of nitrogens with one attached hydrogen (secondary N) is 1. The molecule has 17 heavy (non-hydrogen) atoms. The van der Waals surface area contributed by atoms with E-state index in [1.807, 2.05) is 12.1 Å². The quantitative estimate of drug-likeness (QED) is 0.481. The van der Waals surface area contributed by atoms with Crippen LogP contribution in [0.3, 0.4) is 0 Å². The SMILES string of the molecule is CC(C)Cn1ccc2ccc(C(=O)NN)cc21. The second kappa shape index (κ2) is 4.59. The van der Waals surface area contributed by atoms with Crippen LogP contribution in [0, 0.1) is 5.92 Å². The van der Waals surface area contributed by atoms with Gasteiger partial charge in [0.2, 0.25) is 0 Å². The van der Waals surface area contributed by atoms with Crippen LogP contribution in [0.4, 0.5) is 0 Å². The summed E-state index contributed by atoms with van der Waals surface area (Å²) in [4.78, 5) is 11.5. The summed E-state index contributed by atoms with van der Waals surface area (Å²) >= 11 is 0. The van der Waals surface area contributed by atoms with Gasteiger partial charge in [-0.1, -0.05) is 19.9 Å². The smallest absolute Gasteiger partial charge is 0.265 e. The van der Waals surface area contributed by atoms with Gasteiger partial charge in [-0.05, 0) is 29.5 Å². The topological polar surface area (TPSA) is 60.0 Å². The molecule has 0 aliphatic carbocycles. The number of fused-ring (bicyclic) bond motifs is 1. The Kier molecular flexibility index (Phi) is 3.15. The Labute approximate surface area is 100 Å². The van der Waals surface area contributed by atoms with E-state index in [-0.39, 0.29) is 5.91 Å². The van der Waals surface area contributed by atoms with Gasteiger partial charge in [0.15, 0.2) is 0 Å². The summed E-state index contributed by atoms with van der Waals surface area (Å²) < 4.78 is 2.16. The molecule has 90 valence electrons. The Hall–Kier alpha value is -1.81. The van der Waals surface area contributed by atoms with Crippen molar-refractivity contribution in [2.45, 2.75) is 20.4 Å². The lowest BCUT2D eigenvalue weighted by Crippen LogP contribution is -2.29. The Morgan fingerprint density at radius 2 is 2.18 bits per heavy atom. The summed E-state index contributed by atoms with van der Waals surface area (Å²) in [5, 5.41) is 1.14. The first-order valence-corrected chi connectivity index (χ1v) is 5.71. The van der Waals surface area contributed by atoms with Gasteiger partial charge in [0.1, 0.15) is 0 Å². The highest BCUT2D eigenvalue weighted by Gasteiger charge is 2.07. The number of aromatic nitrogens is 1. The number of nitrogens with two attached hydrogens (primary N) is 1. The molecule has 0 atom stereocenters. The number of amides is 1. The highest BCUT2D eigenvalue weighted by Crippen LogP contribution is 2.19. The van der Waals surface area contributed by atoms with E-state index < -0.39 is 0 Å². The number of rotatable bonds is 3. The highest BCUT2D eigenvalue weighted by atomic mass is 16.2. The van der Waals surface area contributed by atoms with Crippen LogP contribution in [0.5, 0.6) is 0 Å². The number of carbonyl (C=O) groups excluding carboxylic acids is 1. The van der Waals surface area contributed by atoms with Crippen LogP contribution in [0.15, 0.2) is 30.5 Å². The second-order valence-electron chi connectivity index (χ2n) is 4.61. The normalized spacial score (nSPS) is 11.1. The first kappa shape index (κ1) is 11.7. The van der Waals surface area contributed by atoms with Crippen LogP contribution in [-0.2, 0) is 6.54 Å². The molecule has 0 fully saturated rings. The molecule has 4 nitrogen and oxygen atoms in total. The Morgan fingerprint density at radius 3 is 2.82 bits per heavy atom. The predicted octanol–water partition coefficient (Wildman–Crippen LogP) is 1.90. The minimum atomic E-state index is -0.260. The molecule has 0 unspecified atom stereocenters. The zero-order chi connectivity index (χ0) is 12.4. The lowest BCUT2D eigenvalue weighted by molar-refractivity contribution is 0.0954. The predicted molar refractivity (Wildman–Crippen MR) is 68.4 cm³/mol. The monoisotopic (exact) mass is 231 g/mol. The summed E-state index contributed by atoms with van der Waals surface area (Å²) in [5.74, 6) is 5.44. The van der Waals surface area contributed by atoms with Crippen LogP contribution in [0.2, 0.25) is 0 Å². The molecule has 3 N–H and O–H groups in total. The van der Waals surface area contributed by atoms with Gasteiger partial charge in [-0.25, -0.2) is 5.84 Å². The van der Waals surface area contributed by atoms with Gasteiger partial charge in [-0.2, -0.15) is 0 Å². The third-order valence-corrected chi connectivity index (χ3v) is 2.73. The largest absolute Gasteiger partial charge is 0.347 e. The van der Waals surface area contributed by atoms with Gasteiger partial charge in [0, 0.05) is 23.8 Å². The molecule has 0 aliphatic heterocycles. The summed E-state index contributed by atoms with van der Waals surface area (Å²) in [6.07, 6.45) is 2.05. The van der Waals surface area contributed by atoms with E-state index in [4.69, 9.17) is 5.84 Å². The number of hydrazine groups is 1. The zero-order valence-corrected chi connectivity index (χ0v) is 10.1. The molecule has 1 amide bonds. The fraction of sp³-hybridized carbons (Fsp3) is 0.308. The Bertz CT molecular complexity index is 543.